The molecule has 2 aliphatic carbocycles. The van der Waals surface area contributed by atoms with Crippen LogP contribution >= 0.6 is 0 Å². The molecule has 1 aliphatic heterocycles. The first-order valence-corrected chi connectivity index (χ1v) is 9.02. The van der Waals surface area contributed by atoms with E-state index < -0.39 is 6.43 Å². The standard InChI is InChI=1S/C17H30F2N2O/c1-2-22-15-11-14(17(15)7-3-4-8-17)20-13-5-9-21(10-6-13)12-16(18)19/h13-16,20H,2-12H2,1H3. The highest BCUT2D eigenvalue weighted by Crippen LogP contribution is 2.55. The van der Waals surface area contributed by atoms with E-state index >= 15 is 0 Å². The van der Waals surface area contributed by atoms with Crippen molar-refractivity contribution in [3.05, 3.63) is 0 Å². The highest BCUT2D eigenvalue weighted by Gasteiger charge is 2.56. The summed E-state index contributed by atoms with van der Waals surface area (Å²) < 4.78 is 30.8. The molecule has 0 aromatic heterocycles. The van der Waals surface area contributed by atoms with Gasteiger partial charge in [-0.1, -0.05) is 12.8 Å². The van der Waals surface area contributed by atoms with Gasteiger partial charge in [0.1, 0.15) is 0 Å². The lowest BCUT2D eigenvalue weighted by Crippen LogP contribution is -2.65. The number of rotatable bonds is 6. The van der Waals surface area contributed by atoms with Gasteiger partial charge < -0.3 is 10.1 Å². The van der Waals surface area contributed by atoms with Gasteiger partial charge in [-0.05, 0) is 52.1 Å². The lowest BCUT2D eigenvalue weighted by atomic mass is 9.60. The predicted molar refractivity (Wildman–Crippen MR) is 83.3 cm³/mol. The van der Waals surface area contributed by atoms with Crippen molar-refractivity contribution in [3.63, 3.8) is 0 Å². The molecule has 3 fully saturated rings. The van der Waals surface area contributed by atoms with Crippen LogP contribution in [0.2, 0.25) is 0 Å². The Kier molecular flexibility index (Phi) is 5.35. The second kappa shape index (κ2) is 7.10. The molecule has 128 valence electrons. The first kappa shape index (κ1) is 16.6. The van der Waals surface area contributed by atoms with Crippen molar-refractivity contribution < 1.29 is 13.5 Å². The van der Waals surface area contributed by atoms with Crippen molar-refractivity contribution in [3.8, 4) is 0 Å². The van der Waals surface area contributed by atoms with Gasteiger partial charge in [0.05, 0.1) is 12.6 Å². The predicted octanol–water partition coefficient (Wildman–Crippen LogP) is 3.04. The molecule has 22 heavy (non-hydrogen) atoms. The summed E-state index contributed by atoms with van der Waals surface area (Å²) in [6.45, 7) is 4.44. The van der Waals surface area contributed by atoms with Gasteiger partial charge in [-0.25, -0.2) is 8.78 Å². The molecule has 2 saturated carbocycles. The molecule has 0 amide bonds. The maximum absolute atomic E-state index is 12.4. The molecular formula is C17H30F2N2O. The smallest absolute Gasteiger partial charge is 0.251 e. The van der Waals surface area contributed by atoms with E-state index in [0.29, 0.717) is 23.6 Å². The molecule has 3 aliphatic rings. The van der Waals surface area contributed by atoms with Gasteiger partial charge in [0.2, 0.25) is 0 Å². The number of halogens is 2. The number of likely N-dealkylation sites (tertiary alicyclic amines) is 1. The summed E-state index contributed by atoms with van der Waals surface area (Å²) in [4.78, 5) is 1.90. The maximum atomic E-state index is 12.4. The number of hydrogen-bond acceptors (Lipinski definition) is 3. The summed E-state index contributed by atoms with van der Waals surface area (Å²) in [5.74, 6) is 0. The quantitative estimate of drug-likeness (QED) is 0.815. The Bertz CT molecular complexity index is 353. The average Bonchev–Trinajstić information content (AvgIpc) is 3.00. The SMILES string of the molecule is CCOC1CC(NC2CCN(CC(F)F)CC2)C12CCCC2. The van der Waals surface area contributed by atoms with Gasteiger partial charge in [0.15, 0.2) is 0 Å². The van der Waals surface area contributed by atoms with E-state index in [0.717, 1.165) is 39.0 Å². The van der Waals surface area contributed by atoms with Crippen LogP contribution in [0.1, 0.15) is 51.9 Å². The van der Waals surface area contributed by atoms with Crippen molar-refractivity contribution in [1.82, 2.24) is 10.2 Å². The highest BCUT2D eigenvalue weighted by atomic mass is 19.3. The lowest BCUT2D eigenvalue weighted by molar-refractivity contribution is -0.133. The minimum absolute atomic E-state index is 0.0630. The minimum atomic E-state index is -2.20. The van der Waals surface area contributed by atoms with Crippen molar-refractivity contribution in [2.24, 2.45) is 5.41 Å². The van der Waals surface area contributed by atoms with Crippen LogP contribution in [0.5, 0.6) is 0 Å². The molecule has 2 atom stereocenters. The Morgan fingerprint density at radius 1 is 1.23 bits per heavy atom. The van der Waals surface area contributed by atoms with E-state index in [2.05, 4.69) is 12.2 Å². The van der Waals surface area contributed by atoms with E-state index in [4.69, 9.17) is 4.74 Å². The third kappa shape index (κ3) is 3.31. The molecular weight excluding hydrogens is 286 g/mol. The first-order chi connectivity index (χ1) is 10.6. The molecule has 1 heterocycles. The van der Waals surface area contributed by atoms with E-state index in [1.807, 2.05) is 4.90 Å². The van der Waals surface area contributed by atoms with E-state index in [1.54, 1.807) is 0 Å². The molecule has 0 aromatic carbocycles. The summed E-state index contributed by atoms with van der Waals surface area (Å²) in [6.07, 6.45) is 6.60. The molecule has 0 radical (unpaired) electrons. The van der Waals surface area contributed by atoms with E-state index in [-0.39, 0.29) is 6.54 Å². The number of alkyl halides is 2. The molecule has 1 N–H and O–H groups in total. The maximum Gasteiger partial charge on any atom is 0.251 e. The minimum Gasteiger partial charge on any atom is -0.378 e. The van der Waals surface area contributed by atoms with E-state index in [1.165, 1.54) is 25.7 Å². The number of nitrogens with one attached hydrogen (secondary N) is 1. The Balaban J connectivity index is 1.48. The second-order valence-corrected chi connectivity index (χ2v) is 7.31. The van der Waals surface area contributed by atoms with Crippen molar-refractivity contribution >= 4 is 0 Å². The van der Waals surface area contributed by atoms with Crippen molar-refractivity contribution in [2.45, 2.75) is 76.5 Å². The molecule has 5 heteroatoms. The largest absolute Gasteiger partial charge is 0.378 e. The number of piperidine rings is 1. The Morgan fingerprint density at radius 2 is 1.91 bits per heavy atom. The zero-order chi connectivity index (χ0) is 15.6. The van der Waals surface area contributed by atoms with Crippen LogP contribution in [-0.2, 0) is 4.74 Å². The van der Waals surface area contributed by atoms with Crippen LogP contribution in [0.3, 0.4) is 0 Å². The van der Waals surface area contributed by atoms with Crippen LogP contribution in [-0.4, -0.2) is 55.8 Å². The molecule has 3 rings (SSSR count). The van der Waals surface area contributed by atoms with Gasteiger partial charge in [0, 0.05) is 24.1 Å². The second-order valence-electron chi connectivity index (χ2n) is 7.31. The normalized spacial score (nSPS) is 32.7. The summed E-state index contributed by atoms with van der Waals surface area (Å²) in [5.41, 5.74) is 0.371. The monoisotopic (exact) mass is 316 g/mol. The van der Waals surface area contributed by atoms with Gasteiger partial charge in [-0.15, -0.1) is 0 Å². The van der Waals surface area contributed by atoms with Gasteiger partial charge in [0.25, 0.3) is 6.43 Å². The summed E-state index contributed by atoms with van der Waals surface area (Å²) in [6, 6.07) is 1.08. The topological polar surface area (TPSA) is 24.5 Å². The first-order valence-electron chi connectivity index (χ1n) is 9.02. The molecule has 0 bridgehead atoms. The van der Waals surface area contributed by atoms with Gasteiger partial charge >= 0.3 is 0 Å². The van der Waals surface area contributed by atoms with Crippen molar-refractivity contribution in [1.29, 1.82) is 0 Å². The molecule has 2 unspecified atom stereocenters. The molecule has 0 aromatic rings. The average molecular weight is 316 g/mol. The zero-order valence-electron chi connectivity index (χ0n) is 13.7. The number of ether oxygens (including phenoxy) is 1. The fraction of sp³-hybridized carbons (Fsp3) is 1.00. The Morgan fingerprint density at radius 3 is 2.50 bits per heavy atom. The molecule has 1 saturated heterocycles. The van der Waals surface area contributed by atoms with Crippen LogP contribution in [0.15, 0.2) is 0 Å². The van der Waals surface area contributed by atoms with Crippen LogP contribution < -0.4 is 5.32 Å². The Hall–Kier alpha value is -0.260. The highest BCUT2D eigenvalue weighted by molar-refractivity contribution is 5.10. The fourth-order valence-corrected chi connectivity index (χ4v) is 4.88. The third-order valence-corrected chi connectivity index (χ3v) is 6.11. The fourth-order valence-electron chi connectivity index (χ4n) is 4.88. The number of nitrogens with zero attached hydrogens (tertiary/aromatic N) is 1. The number of hydrogen-bond donors (Lipinski definition) is 1. The van der Waals surface area contributed by atoms with Crippen molar-refractivity contribution in [2.75, 3.05) is 26.2 Å². The lowest BCUT2D eigenvalue weighted by Gasteiger charge is -2.55. The summed E-state index contributed by atoms with van der Waals surface area (Å²) >= 11 is 0. The van der Waals surface area contributed by atoms with Crippen LogP contribution in [0, 0.1) is 5.41 Å². The van der Waals surface area contributed by atoms with E-state index in [9.17, 15) is 8.78 Å². The van der Waals surface area contributed by atoms with Gasteiger partial charge in [-0.2, -0.15) is 0 Å². The summed E-state index contributed by atoms with van der Waals surface area (Å²) in [7, 11) is 0. The molecule has 3 nitrogen and oxygen atoms in total. The van der Waals surface area contributed by atoms with Crippen LogP contribution in [0.25, 0.3) is 0 Å². The molecule has 1 spiro atoms. The summed E-state index contributed by atoms with van der Waals surface area (Å²) in [5, 5.41) is 3.86. The third-order valence-electron chi connectivity index (χ3n) is 6.11. The van der Waals surface area contributed by atoms with Crippen LogP contribution in [0.4, 0.5) is 8.78 Å². The zero-order valence-corrected chi connectivity index (χ0v) is 13.7. The Labute approximate surface area is 132 Å². The van der Waals surface area contributed by atoms with Gasteiger partial charge in [-0.3, -0.25) is 4.90 Å².